The number of rotatable bonds is 5. The Hall–Kier alpha value is -0.610. The summed E-state index contributed by atoms with van der Waals surface area (Å²) in [6.07, 6.45) is 6.29. The van der Waals surface area contributed by atoms with Crippen LogP contribution in [0.5, 0.6) is 0 Å². The van der Waals surface area contributed by atoms with Crippen LogP contribution in [0.4, 0.5) is 0 Å². The first-order chi connectivity index (χ1) is 9.65. The Labute approximate surface area is 122 Å². The Morgan fingerprint density at radius 2 is 2.00 bits per heavy atom. The number of amides is 1. The summed E-state index contributed by atoms with van der Waals surface area (Å²) in [4.78, 5) is 14.9. The molecule has 3 aliphatic rings. The fourth-order valence-electron chi connectivity index (χ4n) is 4.59. The second-order valence-electron chi connectivity index (χ2n) is 7.29. The van der Waals surface area contributed by atoms with Crippen molar-refractivity contribution < 1.29 is 4.79 Å². The zero-order valence-electron chi connectivity index (χ0n) is 12.7. The zero-order chi connectivity index (χ0) is 14.1. The van der Waals surface area contributed by atoms with Gasteiger partial charge in [0.2, 0.25) is 5.91 Å². The van der Waals surface area contributed by atoms with Gasteiger partial charge < -0.3 is 16.0 Å². The molecule has 2 aliphatic carbocycles. The molecule has 2 bridgehead atoms. The predicted molar refractivity (Wildman–Crippen MR) is 80.1 cm³/mol. The summed E-state index contributed by atoms with van der Waals surface area (Å²) in [5, 5.41) is 3.17. The van der Waals surface area contributed by atoms with Crippen LogP contribution in [-0.4, -0.2) is 43.0 Å². The fourth-order valence-corrected chi connectivity index (χ4v) is 4.59. The van der Waals surface area contributed by atoms with Crippen LogP contribution in [0.2, 0.25) is 0 Å². The normalized spacial score (nSPS) is 38.3. The molecule has 3 fully saturated rings. The largest absolute Gasteiger partial charge is 0.355 e. The van der Waals surface area contributed by atoms with Gasteiger partial charge in [0.1, 0.15) is 0 Å². The van der Waals surface area contributed by atoms with Gasteiger partial charge >= 0.3 is 0 Å². The summed E-state index contributed by atoms with van der Waals surface area (Å²) in [6.45, 7) is 6.61. The molecule has 1 aliphatic heterocycles. The van der Waals surface area contributed by atoms with Crippen molar-refractivity contribution in [3.63, 3.8) is 0 Å². The summed E-state index contributed by atoms with van der Waals surface area (Å²) >= 11 is 0. The highest BCUT2D eigenvalue weighted by atomic mass is 16.1. The first-order valence-corrected chi connectivity index (χ1v) is 8.41. The van der Waals surface area contributed by atoms with Crippen LogP contribution in [0.3, 0.4) is 0 Å². The maximum absolute atomic E-state index is 12.4. The molecule has 4 nitrogen and oxygen atoms in total. The van der Waals surface area contributed by atoms with E-state index in [0.29, 0.717) is 17.8 Å². The fraction of sp³-hybridized carbons (Fsp3) is 0.938. The van der Waals surface area contributed by atoms with Crippen LogP contribution >= 0.6 is 0 Å². The van der Waals surface area contributed by atoms with E-state index in [2.05, 4.69) is 17.1 Å². The van der Waals surface area contributed by atoms with Crippen molar-refractivity contribution in [2.45, 2.75) is 45.1 Å². The van der Waals surface area contributed by atoms with Crippen LogP contribution in [0.15, 0.2) is 0 Å². The minimum absolute atomic E-state index is 0.0905. The number of hydrogen-bond acceptors (Lipinski definition) is 3. The molecule has 0 aromatic carbocycles. The molecule has 5 atom stereocenters. The van der Waals surface area contributed by atoms with Crippen molar-refractivity contribution in [1.82, 2.24) is 10.2 Å². The molecule has 20 heavy (non-hydrogen) atoms. The highest BCUT2D eigenvalue weighted by Crippen LogP contribution is 2.47. The van der Waals surface area contributed by atoms with Crippen LogP contribution in [0.1, 0.15) is 39.0 Å². The van der Waals surface area contributed by atoms with Gasteiger partial charge in [-0.25, -0.2) is 0 Å². The zero-order valence-corrected chi connectivity index (χ0v) is 12.7. The second-order valence-corrected chi connectivity index (χ2v) is 7.29. The van der Waals surface area contributed by atoms with E-state index in [-0.39, 0.29) is 17.9 Å². The molecule has 0 aromatic rings. The van der Waals surface area contributed by atoms with Gasteiger partial charge in [-0.2, -0.15) is 0 Å². The topological polar surface area (TPSA) is 58.4 Å². The molecule has 3 N–H and O–H groups in total. The summed E-state index contributed by atoms with van der Waals surface area (Å²) in [5.74, 6) is 2.01. The molecule has 1 amide bonds. The standard InChI is InChI=1S/C16H29N3O/c1-11(10-19-6-2-3-7-19)9-18-16(20)14-12-4-5-13(8-12)15(14)17/h11-15H,2-10,17H2,1H3,(H,18,20). The number of nitrogens with two attached hydrogens (primary N) is 1. The van der Waals surface area contributed by atoms with Crippen molar-refractivity contribution in [3.8, 4) is 0 Å². The van der Waals surface area contributed by atoms with Crippen molar-refractivity contribution in [1.29, 1.82) is 0 Å². The average Bonchev–Trinajstić information content (AvgIpc) is 3.12. The third kappa shape index (κ3) is 2.86. The molecular weight excluding hydrogens is 250 g/mol. The molecule has 1 saturated heterocycles. The lowest BCUT2D eigenvalue weighted by atomic mass is 9.84. The quantitative estimate of drug-likeness (QED) is 0.795. The van der Waals surface area contributed by atoms with Gasteiger partial charge in [-0.3, -0.25) is 4.79 Å². The predicted octanol–water partition coefficient (Wildman–Crippen LogP) is 1.21. The highest BCUT2D eigenvalue weighted by Gasteiger charge is 2.48. The van der Waals surface area contributed by atoms with E-state index < -0.39 is 0 Å². The second kappa shape index (κ2) is 6.02. The van der Waals surface area contributed by atoms with Gasteiger partial charge in [-0.1, -0.05) is 6.92 Å². The number of carbonyl (C=O) groups excluding carboxylic acids is 1. The Balaban J connectivity index is 1.42. The molecule has 1 heterocycles. The summed E-state index contributed by atoms with van der Waals surface area (Å²) in [7, 11) is 0. The lowest BCUT2D eigenvalue weighted by molar-refractivity contribution is -0.127. The Bertz CT molecular complexity index is 352. The van der Waals surface area contributed by atoms with E-state index in [1.807, 2.05) is 0 Å². The van der Waals surface area contributed by atoms with Crippen molar-refractivity contribution >= 4 is 5.91 Å². The van der Waals surface area contributed by atoms with E-state index in [4.69, 9.17) is 5.73 Å². The molecule has 0 spiro atoms. The first kappa shape index (κ1) is 14.3. The van der Waals surface area contributed by atoms with Gasteiger partial charge in [0.25, 0.3) is 0 Å². The number of likely N-dealkylation sites (tertiary alicyclic amines) is 1. The smallest absolute Gasteiger partial charge is 0.224 e. The number of fused-ring (bicyclic) bond motifs is 2. The van der Waals surface area contributed by atoms with Gasteiger partial charge in [-0.05, 0) is 62.9 Å². The van der Waals surface area contributed by atoms with E-state index >= 15 is 0 Å². The number of carbonyl (C=O) groups is 1. The molecule has 3 rings (SSSR count). The molecule has 0 radical (unpaired) electrons. The van der Waals surface area contributed by atoms with E-state index in [1.54, 1.807) is 0 Å². The number of hydrogen-bond donors (Lipinski definition) is 2. The van der Waals surface area contributed by atoms with Crippen LogP contribution in [-0.2, 0) is 4.79 Å². The van der Waals surface area contributed by atoms with Gasteiger partial charge in [0.15, 0.2) is 0 Å². The number of nitrogens with one attached hydrogen (secondary N) is 1. The summed E-state index contributed by atoms with van der Waals surface area (Å²) < 4.78 is 0. The summed E-state index contributed by atoms with van der Waals surface area (Å²) in [5.41, 5.74) is 6.23. The number of nitrogens with zero attached hydrogens (tertiary/aromatic N) is 1. The van der Waals surface area contributed by atoms with E-state index in [0.717, 1.165) is 13.1 Å². The SMILES string of the molecule is CC(CNC(=O)C1C2CCC(C2)C1N)CN1CCCC1. The van der Waals surface area contributed by atoms with Gasteiger partial charge in [0, 0.05) is 19.1 Å². The van der Waals surface area contributed by atoms with E-state index in [1.165, 1.54) is 45.2 Å². The molecule has 114 valence electrons. The Morgan fingerprint density at radius 1 is 1.30 bits per heavy atom. The Kier molecular flexibility index (Phi) is 4.32. The molecule has 4 heteroatoms. The average molecular weight is 279 g/mol. The lowest BCUT2D eigenvalue weighted by Gasteiger charge is -2.28. The summed E-state index contributed by atoms with van der Waals surface area (Å²) in [6, 6.07) is 0.114. The van der Waals surface area contributed by atoms with Crippen molar-refractivity contribution in [2.75, 3.05) is 26.2 Å². The lowest BCUT2D eigenvalue weighted by Crippen LogP contribution is -2.46. The van der Waals surface area contributed by atoms with E-state index in [9.17, 15) is 4.79 Å². The first-order valence-electron chi connectivity index (χ1n) is 8.41. The third-order valence-corrected chi connectivity index (χ3v) is 5.68. The van der Waals surface area contributed by atoms with Crippen LogP contribution in [0, 0.1) is 23.7 Å². The molecular formula is C16H29N3O. The molecule has 0 aromatic heterocycles. The maximum atomic E-state index is 12.4. The van der Waals surface area contributed by atoms with Gasteiger partial charge in [-0.15, -0.1) is 0 Å². The minimum Gasteiger partial charge on any atom is -0.355 e. The maximum Gasteiger partial charge on any atom is 0.224 e. The molecule has 2 saturated carbocycles. The monoisotopic (exact) mass is 279 g/mol. The van der Waals surface area contributed by atoms with Crippen molar-refractivity contribution in [2.24, 2.45) is 29.4 Å². The minimum atomic E-state index is 0.0905. The third-order valence-electron chi connectivity index (χ3n) is 5.68. The molecule has 5 unspecified atom stereocenters. The van der Waals surface area contributed by atoms with Gasteiger partial charge in [0.05, 0.1) is 5.92 Å². The highest BCUT2D eigenvalue weighted by molar-refractivity contribution is 5.80. The Morgan fingerprint density at radius 3 is 2.65 bits per heavy atom. The van der Waals surface area contributed by atoms with Crippen LogP contribution < -0.4 is 11.1 Å². The van der Waals surface area contributed by atoms with Crippen LogP contribution in [0.25, 0.3) is 0 Å². The van der Waals surface area contributed by atoms with Crippen molar-refractivity contribution in [3.05, 3.63) is 0 Å².